The molecule has 1 aliphatic heterocycles. The lowest BCUT2D eigenvalue weighted by Gasteiger charge is -2.07. The molecular formula is C21H30N8O2. The number of hydrogen-bond acceptors (Lipinski definition) is 7. The van der Waals surface area contributed by atoms with Gasteiger partial charge in [-0.15, -0.1) is 5.10 Å². The summed E-state index contributed by atoms with van der Waals surface area (Å²) >= 11 is 0. The van der Waals surface area contributed by atoms with Crippen LogP contribution in [0.25, 0.3) is 11.0 Å². The normalized spacial score (nSPS) is 14.6. The number of anilines is 2. The van der Waals surface area contributed by atoms with E-state index in [1.165, 1.54) is 19.3 Å². The van der Waals surface area contributed by atoms with Crippen LogP contribution in [-0.2, 0) is 24.3 Å². The van der Waals surface area contributed by atoms with E-state index in [-0.39, 0.29) is 5.91 Å². The zero-order chi connectivity index (χ0) is 21.8. The molecular weight excluding hydrogens is 396 g/mol. The summed E-state index contributed by atoms with van der Waals surface area (Å²) in [5.74, 6) is 0.670. The van der Waals surface area contributed by atoms with Crippen molar-refractivity contribution in [3.8, 4) is 5.88 Å². The highest BCUT2D eigenvalue weighted by Gasteiger charge is 2.20. The van der Waals surface area contributed by atoms with Crippen molar-refractivity contribution in [3.05, 3.63) is 17.6 Å². The van der Waals surface area contributed by atoms with Gasteiger partial charge in [0.25, 0.3) is 5.88 Å². The van der Waals surface area contributed by atoms with Crippen LogP contribution >= 0.6 is 0 Å². The third kappa shape index (κ3) is 4.95. The van der Waals surface area contributed by atoms with Gasteiger partial charge in [-0.25, -0.2) is 9.67 Å². The van der Waals surface area contributed by atoms with Gasteiger partial charge < -0.3 is 15.8 Å². The van der Waals surface area contributed by atoms with Crippen LogP contribution in [0.5, 0.6) is 5.88 Å². The topological polar surface area (TPSA) is 126 Å². The largest absolute Gasteiger partial charge is 0.475 e. The van der Waals surface area contributed by atoms with Gasteiger partial charge in [-0.1, -0.05) is 26.2 Å². The number of rotatable bonds is 5. The Labute approximate surface area is 181 Å². The number of nitrogens with one attached hydrogen (secondary N) is 1. The van der Waals surface area contributed by atoms with Crippen molar-refractivity contribution >= 4 is 28.6 Å². The van der Waals surface area contributed by atoms with Crippen molar-refractivity contribution in [2.45, 2.75) is 71.9 Å². The van der Waals surface area contributed by atoms with Crippen molar-refractivity contribution in [3.63, 3.8) is 0 Å². The van der Waals surface area contributed by atoms with Crippen LogP contribution in [0, 0.1) is 6.92 Å². The maximum Gasteiger partial charge on any atom is 0.257 e. The fourth-order valence-electron chi connectivity index (χ4n) is 3.38. The van der Waals surface area contributed by atoms with Crippen LogP contribution in [-0.4, -0.2) is 42.0 Å². The van der Waals surface area contributed by atoms with E-state index in [1.807, 2.05) is 22.5 Å². The Bertz CT molecular complexity index is 1070. The van der Waals surface area contributed by atoms with Gasteiger partial charge in [-0.3, -0.25) is 9.48 Å². The van der Waals surface area contributed by atoms with E-state index < -0.39 is 0 Å². The summed E-state index contributed by atoms with van der Waals surface area (Å²) in [6.45, 7) is 5.83. The minimum absolute atomic E-state index is 0.313. The number of carbonyl (C=O) groups is 1. The van der Waals surface area contributed by atoms with Crippen molar-refractivity contribution < 1.29 is 9.53 Å². The highest BCUT2D eigenvalue weighted by molar-refractivity contribution is 5.79. The van der Waals surface area contributed by atoms with Gasteiger partial charge in [0, 0.05) is 32.1 Å². The molecule has 5 rings (SSSR count). The molecule has 2 aliphatic rings. The molecule has 0 unspecified atom stereocenters. The number of hydrogen-bond donors (Lipinski definition) is 2. The number of carbonyl (C=O) groups excluding carboxylic acids is 1. The number of nitrogens with zero attached hydrogens (tertiary/aromatic N) is 6. The second-order valence-corrected chi connectivity index (χ2v) is 7.90. The number of fused-ring (bicyclic) bond motifs is 2. The van der Waals surface area contributed by atoms with E-state index in [0.717, 1.165) is 41.0 Å². The second kappa shape index (κ2) is 9.32. The maximum absolute atomic E-state index is 11.0. The molecule has 3 aromatic heterocycles. The third-order valence-electron chi connectivity index (χ3n) is 5.21. The van der Waals surface area contributed by atoms with E-state index in [9.17, 15) is 4.79 Å². The quantitative estimate of drug-likeness (QED) is 0.642. The van der Waals surface area contributed by atoms with Crippen LogP contribution < -0.4 is 15.8 Å². The van der Waals surface area contributed by atoms with Crippen LogP contribution in [0.1, 0.15) is 56.8 Å². The summed E-state index contributed by atoms with van der Waals surface area (Å²) in [6.07, 6.45) is 8.88. The molecule has 0 aromatic carbocycles. The Morgan fingerprint density at radius 3 is 2.77 bits per heavy atom. The minimum Gasteiger partial charge on any atom is -0.475 e. The average molecular weight is 427 g/mol. The highest BCUT2D eigenvalue weighted by atomic mass is 16.5. The summed E-state index contributed by atoms with van der Waals surface area (Å²) in [5, 5.41) is 13.5. The molecule has 4 heterocycles. The van der Waals surface area contributed by atoms with Crippen molar-refractivity contribution in [2.24, 2.45) is 5.73 Å². The lowest BCUT2D eigenvalue weighted by Crippen LogP contribution is -2.12. The maximum atomic E-state index is 11.0. The molecule has 3 aromatic rings. The summed E-state index contributed by atoms with van der Waals surface area (Å²) < 4.78 is 9.68. The van der Waals surface area contributed by atoms with Crippen molar-refractivity contribution in [1.82, 2.24) is 29.5 Å². The SMILES string of the molecule is C1CC1.CCc1nn2c3nc(ncc13)Nc1c(nn(CCCC(N)=O)c1C)OCCC2. The van der Waals surface area contributed by atoms with Crippen molar-refractivity contribution in [2.75, 3.05) is 11.9 Å². The van der Waals surface area contributed by atoms with E-state index in [2.05, 4.69) is 32.4 Å². The number of nitrogens with two attached hydrogens (primary N) is 1. The number of aryl methyl sites for hydroxylation is 3. The zero-order valence-electron chi connectivity index (χ0n) is 18.2. The molecule has 0 spiro atoms. The van der Waals surface area contributed by atoms with Gasteiger partial charge in [-0.05, 0) is 19.8 Å². The average Bonchev–Trinajstić information content (AvgIpc) is 3.56. The van der Waals surface area contributed by atoms with Gasteiger partial charge in [0.15, 0.2) is 5.65 Å². The monoisotopic (exact) mass is 426 g/mol. The summed E-state index contributed by atoms with van der Waals surface area (Å²) in [7, 11) is 0. The fourth-order valence-corrected chi connectivity index (χ4v) is 3.38. The lowest BCUT2D eigenvalue weighted by molar-refractivity contribution is -0.118. The third-order valence-corrected chi connectivity index (χ3v) is 5.21. The Morgan fingerprint density at radius 1 is 1.26 bits per heavy atom. The van der Waals surface area contributed by atoms with Crippen LogP contribution in [0.2, 0.25) is 0 Å². The molecule has 3 N–H and O–H groups in total. The minimum atomic E-state index is -0.313. The van der Waals surface area contributed by atoms with Gasteiger partial charge >= 0.3 is 0 Å². The molecule has 2 bridgehead atoms. The smallest absolute Gasteiger partial charge is 0.257 e. The van der Waals surface area contributed by atoms with E-state index in [4.69, 9.17) is 10.5 Å². The molecule has 1 saturated carbocycles. The predicted molar refractivity (Wildman–Crippen MR) is 117 cm³/mol. The Balaban J connectivity index is 0.000000710. The second-order valence-electron chi connectivity index (χ2n) is 7.90. The first-order valence-corrected chi connectivity index (χ1v) is 11.0. The highest BCUT2D eigenvalue weighted by Crippen LogP contribution is 2.31. The zero-order valence-corrected chi connectivity index (χ0v) is 18.2. The molecule has 10 heteroatoms. The number of ether oxygens (including phenoxy) is 1. The van der Waals surface area contributed by atoms with E-state index in [1.54, 1.807) is 0 Å². The number of amides is 1. The Morgan fingerprint density at radius 2 is 2.06 bits per heavy atom. The first-order chi connectivity index (χ1) is 15.1. The van der Waals surface area contributed by atoms with Gasteiger partial charge in [0.1, 0.15) is 5.69 Å². The molecule has 0 radical (unpaired) electrons. The Hall–Kier alpha value is -3.17. The molecule has 1 fully saturated rings. The molecule has 31 heavy (non-hydrogen) atoms. The van der Waals surface area contributed by atoms with Gasteiger partial charge in [0.2, 0.25) is 11.9 Å². The first kappa shape index (κ1) is 21.1. The first-order valence-electron chi connectivity index (χ1n) is 11.0. The fraction of sp³-hybridized carbons (Fsp3) is 0.571. The van der Waals surface area contributed by atoms with Crippen LogP contribution in [0.15, 0.2) is 6.20 Å². The van der Waals surface area contributed by atoms with E-state index in [0.29, 0.717) is 44.4 Å². The van der Waals surface area contributed by atoms with Crippen LogP contribution in [0.4, 0.5) is 11.6 Å². The molecule has 0 saturated heterocycles. The molecule has 1 aliphatic carbocycles. The summed E-state index contributed by atoms with van der Waals surface area (Å²) in [4.78, 5) is 20.1. The number of aromatic nitrogens is 6. The van der Waals surface area contributed by atoms with Crippen LogP contribution in [0.3, 0.4) is 0 Å². The summed E-state index contributed by atoms with van der Waals surface area (Å²) in [6, 6.07) is 0. The van der Waals surface area contributed by atoms with E-state index >= 15 is 0 Å². The van der Waals surface area contributed by atoms with Crippen molar-refractivity contribution in [1.29, 1.82) is 0 Å². The standard InChI is InChI=1S/C18H24N8O2.C3H6/c1-3-13-12-10-20-18-21-15-11(2)25(7-4-6-14(19)27)24-17(15)28-9-5-8-26(23-13)16(12)22-18;1-2-3-1/h10H,3-9H2,1-2H3,(H2,19,27)(H,20,21,22);1-3H2. The molecule has 10 nitrogen and oxygen atoms in total. The van der Waals surface area contributed by atoms with Gasteiger partial charge in [0.05, 0.1) is 23.4 Å². The predicted octanol–water partition coefficient (Wildman–Crippen LogP) is 2.86. The lowest BCUT2D eigenvalue weighted by atomic mass is 10.2. The number of primary amides is 1. The molecule has 1 amide bonds. The van der Waals surface area contributed by atoms with Gasteiger partial charge in [-0.2, -0.15) is 10.1 Å². The summed E-state index contributed by atoms with van der Waals surface area (Å²) in [5.41, 5.74) is 8.68. The molecule has 0 atom stereocenters. The molecule has 166 valence electrons. The Kier molecular flexibility index (Phi) is 6.34.